The topological polar surface area (TPSA) is 65.5 Å². The van der Waals surface area contributed by atoms with Crippen molar-refractivity contribution in [1.82, 2.24) is 15.2 Å². The third kappa shape index (κ3) is 4.36. The lowest BCUT2D eigenvalue weighted by molar-refractivity contribution is -0.129. The van der Waals surface area contributed by atoms with Gasteiger partial charge in [-0.15, -0.1) is 24.8 Å². The number of likely N-dealkylation sites (tertiary alicyclic amines) is 1. The van der Waals surface area contributed by atoms with E-state index in [0.717, 1.165) is 17.3 Å². The first kappa shape index (κ1) is 20.6. The highest BCUT2D eigenvalue weighted by Gasteiger charge is 2.33. The molecule has 24 heavy (non-hydrogen) atoms. The molecule has 132 valence electrons. The summed E-state index contributed by atoms with van der Waals surface area (Å²) in [5.41, 5.74) is 2.15. The van der Waals surface area contributed by atoms with Gasteiger partial charge >= 0.3 is 0 Å². The van der Waals surface area contributed by atoms with Crippen LogP contribution in [0.4, 0.5) is 0 Å². The number of aliphatic hydroxyl groups is 1. The van der Waals surface area contributed by atoms with E-state index in [1.54, 1.807) is 11.9 Å². The standard InChI is InChI=1S/C17H21N3O2.2ClH/c1-18-9-17(22)20-10-13(16(21)11-20)8-12-6-7-19-15-5-3-2-4-14(12)15;;/h2-7,13,16,18,21H,8-11H2,1H3;2*1H/t13-,16+;;/m1../s1. The summed E-state index contributed by atoms with van der Waals surface area (Å²) < 4.78 is 0. The zero-order chi connectivity index (χ0) is 15.5. The van der Waals surface area contributed by atoms with Gasteiger partial charge in [0, 0.05) is 30.6 Å². The maximum absolute atomic E-state index is 11.9. The number of benzene rings is 1. The molecule has 0 bridgehead atoms. The molecule has 1 amide bonds. The third-order valence-corrected chi connectivity index (χ3v) is 4.31. The molecule has 2 heterocycles. The molecule has 3 rings (SSSR count). The van der Waals surface area contributed by atoms with E-state index in [-0.39, 0.29) is 36.6 Å². The van der Waals surface area contributed by atoms with Gasteiger partial charge in [-0.25, -0.2) is 0 Å². The van der Waals surface area contributed by atoms with Crippen LogP contribution in [0.25, 0.3) is 10.9 Å². The van der Waals surface area contributed by atoms with Crippen LogP contribution in [0.2, 0.25) is 0 Å². The van der Waals surface area contributed by atoms with Gasteiger partial charge in [-0.3, -0.25) is 9.78 Å². The first-order valence-corrected chi connectivity index (χ1v) is 7.62. The maximum Gasteiger partial charge on any atom is 0.236 e. The van der Waals surface area contributed by atoms with Gasteiger partial charge in [-0.2, -0.15) is 0 Å². The lowest BCUT2D eigenvalue weighted by Gasteiger charge is -2.16. The Balaban J connectivity index is 0.00000144. The Morgan fingerprint density at radius 3 is 2.79 bits per heavy atom. The number of aliphatic hydroxyl groups excluding tert-OH is 1. The molecular formula is C17H23Cl2N3O2. The third-order valence-electron chi connectivity index (χ3n) is 4.31. The molecule has 5 nitrogen and oxygen atoms in total. The van der Waals surface area contributed by atoms with E-state index in [1.807, 2.05) is 30.5 Å². The predicted octanol–water partition coefficient (Wildman–Crippen LogP) is 1.66. The van der Waals surface area contributed by atoms with E-state index in [0.29, 0.717) is 19.6 Å². The number of aromatic nitrogens is 1. The lowest BCUT2D eigenvalue weighted by Crippen LogP contribution is -2.36. The number of halogens is 2. The van der Waals surface area contributed by atoms with Crippen LogP contribution in [0.15, 0.2) is 36.5 Å². The van der Waals surface area contributed by atoms with Crippen LogP contribution in [0.3, 0.4) is 0 Å². The van der Waals surface area contributed by atoms with Crippen LogP contribution in [0, 0.1) is 5.92 Å². The summed E-state index contributed by atoms with van der Waals surface area (Å²) in [7, 11) is 1.75. The van der Waals surface area contributed by atoms with E-state index >= 15 is 0 Å². The van der Waals surface area contributed by atoms with Crippen molar-refractivity contribution in [3.05, 3.63) is 42.1 Å². The van der Waals surface area contributed by atoms with Crippen LogP contribution < -0.4 is 5.32 Å². The number of β-amino-alcohol motifs (C(OH)–C–C–N with tert-alkyl or cyclic N) is 1. The summed E-state index contributed by atoms with van der Waals surface area (Å²) >= 11 is 0. The number of hydrogen-bond acceptors (Lipinski definition) is 4. The predicted molar refractivity (Wildman–Crippen MR) is 99.9 cm³/mol. The maximum atomic E-state index is 11.9. The summed E-state index contributed by atoms with van der Waals surface area (Å²) in [5.74, 6) is 0.121. The first-order valence-electron chi connectivity index (χ1n) is 7.62. The summed E-state index contributed by atoms with van der Waals surface area (Å²) in [5, 5.41) is 14.3. The van der Waals surface area contributed by atoms with Crippen LogP contribution >= 0.6 is 24.8 Å². The average molecular weight is 372 g/mol. The number of carbonyl (C=O) groups is 1. The van der Waals surface area contributed by atoms with Crippen molar-refractivity contribution in [3.8, 4) is 0 Å². The monoisotopic (exact) mass is 371 g/mol. The number of pyridine rings is 1. The van der Waals surface area contributed by atoms with E-state index in [2.05, 4.69) is 16.4 Å². The van der Waals surface area contributed by atoms with Crippen molar-refractivity contribution < 1.29 is 9.90 Å². The Bertz CT molecular complexity index is 678. The molecular weight excluding hydrogens is 349 g/mol. The Kier molecular flexibility index (Phi) is 7.90. The molecule has 1 saturated heterocycles. The summed E-state index contributed by atoms with van der Waals surface area (Å²) in [6, 6.07) is 10.0. The Morgan fingerprint density at radius 1 is 1.29 bits per heavy atom. The van der Waals surface area contributed by atoms with Gasteiger partial charge in [0.15, 0.2) is 0 Å². The SMILES string of the molecule is CNCC(=O)N1C[C@@H](Cc2ccnc3ccccc23)[C@@H](O)C1.Cl.Cl. The zero-order valence-electron chi connectivity index (χ0n) is 13.5. The largest absolute Gasteiger partial charge is 0.391 e. The van der Waals surface area contributed by atoms with Gasteiger partial charge in [0.2, 0.25) is 5.91 Å². The number of likely N-dealkylation sites (N-methyl/N-ethyl adjacent to an activating group) is 1. The first-order chi connectivity index (χ1) is 10.7. The van der Waals surface area contributed by atoms with Gasteiger partial charge in [-0.1, -0.05) is 18.2 Å². The number of amides is 1. The molecule has 7 heteroatoms. The molecule has 2 aromatic rings. The van der Waals surface area contributed by atoms with Gasteiger partial charge < -0.3 is 15.3 Å². The second-order valence-corrected chi connectivity index (χ2v) is 5.85. The van der Waals surface area contributed by atoms with Crippen LogP contribution in [-0.4, -0.2) is 53.7 Å². The van der Waals surface area contributed by atoms with Crippen molar-refractivity contribution in [2.45, 2.75) is 12.5 Å². The van der Waals surface area contributed by atoms with Crippen LogP contribution in [-0.2, 0) is 11.2 Å². The minimum Gasteiger partial charge on any atom is -0.391 e. The normalized spacial score (nSPS) is 19.7. The second kappa shape index (κ2) is 9.18. The van der Waals surface area contributed by atoms with Crippen molar-refractivity contribution >= 4 is 41.6 Å². The van der Waals surface area contributed by atoms with Gasteiger partial charge in [0.05, 0.1) is 18.2 Å². The summed E-state index contributed by atoms with van der Waals surface area (Å²) in [4.78, 5) is 18.1. The van der Waals surface area contributed by atoms with Crippen molar-refractivity contribution in [2.24, 2.45) is 5.92 Å². The lowest BCUT2D eigenvalue weighted by atomic mass is 9.94. The van der Waals surface area contributed by atoms with E-state index in [4.69, 9.17) is 0 Å². The molecule has 0 radical (unpaired) electrons. The molecule has 2 atom stereocenters. The number of hydrogen-bond donors (Lipinski definition) is 2. The molecule has 1 fully saturated rings. The van der Waals surface area contributed by atoms with Crippen molar-refractivity contribution in [3.63, 3.8) is 0 Å². The fraction of sp³-hybridized carbons (Fsp3) is 0.412. The Labute approximate surface area is 154 Å². The number of carbonyl (C=O) groups excluding carboxylic acids is 1. The fourth-order valence-corrected chi connectivity index (χ4v) is 3.14. The van der Waals surface area contributed by atoms with Crippen molar-refractivity contribution in [2.75, 3.05) is 26.7 Å². The fourth-order valence-electron chi connectivity index (χ4n) is 3.14. The van der Waals surface area contributed by atoms with Crippen LogP contribution in [0.5, 0.6) is 0 Å². The average Bonchev–Trinajstić information content (AvgIpc) is 2.89. The number of nitrogens with zero attached hydrogens (tertiary/aromatic N) is 2. The molecule has 0 spiro atoms. The van der Waals surface area contributed by atoms with E-state index < -0.39 is 6.10 Å². The van der Waals surface area contributed by atoms with Crippen LogP contribution in [0.1, 0.15) is 5.56 Å². The number of nitrogens with one attached hydrogen (secondary N) is 1. The molecule has 0 unspecified atom stereocenters. The molecule has 1 aliphatic heterocycles. The number of rotatable bonds is 4. The minimum absolute atomic E-state index is 0. The quantitative estimate of drug-likeness (QED) is 0.857. The highest BCUT2D eigenvalue weighted by Crippen LogP contribution is 2.25. The van der Waals surface area contributed by atoms with Gasteiger partial charge in [0.25, 0.3) is 0 Å². The Hall–Kier alpha value is -1.40. The highest BCUT2D eigenvalue weighted by molar-refractivity contribution is 5.85. The molecule has 1 aromatic carbocycles. The smallest absolute Gasteiger partial charge is 0.236 e. The van der Waals surface area contributed by atoms with Gasteiger partial charge in [0.1, 0.15) is 0 Å². The molecule has 0 saturated carbocycles. The summed E-state index contributed by atoms with van der Waals surface area (Å²) in [6.07, 6.45) is 2.10. The number of para-hydroxylation sites is 1. The molecule has 2 N–H and O–H groups in total. The molecule has 1 aliphatic rings. The second-order valence-electron chi connectivity index (χ2n) is 5.85. The Morgan fingerprint density at radius 2 is 2.04 bits per heavy atom. The molecule has 0 aliphatic carbocycles. The highest BCUT2D eigenvalue weighted by atomic mass is 35.5. The summed E-state index contributed by atoms with van der Waals surface area (Å²) in [6.45, 7) is 1.35. The zero-order valence-corrected chi connectivity index (χ0v) is 15.1. The van der Waals surface area contributed by atoms with Gasteiger partial charge in [-0.05, 0) is 31.2 Å². The molecule has 1 aromatic heterocycles. The number of fused-ring (bicyclic) bond motifs is 1. The van der Waals surface area contributed by atoms with E-state index in [9.17, 15) is 9.90 Å². The minimum atomic E-state index is -0.465. The van der Waals surface area contributed by atoms with E-state index in [1.165, 1.54) is 5.56 Å². The van der Waals surface area contributed by atoms with Crippen molar-refractivity contribution in [1.29, 1.82) is 0 Å².